The average Bonchev–Trinajstić information content (AvgIpc) is 3.08. The monoisotopic (exact) mass is 357 g/mol. The zero-order valence-electron chi connectivity index (χ0n) is 15.0. The molecule has 1 unspecified atom stereocenters. The quantitative estimate of drug-likeness (QED) is 0.821. The number of rotatable bonds is 7. The Hall–Kier alpha value is -2.73. The van der Waals surface area contributed by atoms with E-state index < -0.39 is 5.97 Å². The number of benzene rings is 2. The number of carboxylic acid groups (broad SMARTS) is 1. The zero-order chi connectivity index (χ0) is 18.5. The summed E-state index contributed by atoms with van der Waals surface area (Å²) in [5.41, 5.74) is 1.30. The van der Waals surface area contributed by atoms with E-state index in [2.05, 4.69) is 4.90 Å². The van der Waals surface area contributed by atoms with Crippen molar-refractivity contribution in [3.63, 3.8) is 0 Å². The standard InChI is InChI=1S/C20H23NO5/c1-24-16-9-14(10-17(11-16)25-2)12-21-8-7-15(13-21)26-19-6-4-3-5-18(19)20(22)23/h3-6,9-11,15H,7-8,12-13H2,1-2H3,(H,22,23). The van der Waals surface area contributed by atoms with Crippen LogP contribution >= 0.6 is 0 Å². The predicted molar refractivity (Wildman–Crippen MR) is 97.3 cm³/mol. The van der Waals surface area contributed by atoms with Crippen LogP contribution in [0.5, 0.6) is 17.2 Å². The van der Waals surface area contributed by atoms with E-state index >= 15 is 0 Å². The lowest BCUT2D eigenvalue weighted by Crippen LogP contribution is -2.25. The lowest BCUT2D eigenvalue weighted by molar-refractivity contribution is 0.0689. The average molecular weight is 357 g/mol. The van der Waals surface area contributed by atoms with Gasteiger partial charge in [0.15, 0.2) is 0 Å². The molecule has 2 aromatic rings. The summed E-state index contributed by atoms with van der Waals surface area (Å²) >= 11 is 0. The first-order chi connectivity index (χ1) is 12.6. The summed E-state index contributed by atoms with van der Waals surface area (Å²) in [5, 5.41) is 9.27. The minimum Gasteiger partial charge on any atom is -0.497 e. The Morgan fingerprint density at radius 1 is 1.15 bits per heavy atom. The highest BCUT2D eigenvalue weighted by atomic mass is 16.5. The van der Waals surface area contributed by atoms with Crippen molar-refractivity contribution in [1.29, 1.82) is 0 Å². The van der Waals surface area contributed by atoms with Gasteiger partial charge in [-0.15, -0.1) is 0 Å². The van der Waals surface area contributed by atoms with E-state index in [4.69, 9.17) is 14.2 Å². The Morgan fingerprint density at radius 3 is 2.50 bits per heavy atom. The number of carboxylic acids is 1. The maximum atomic E-state index is 11.3. The molecule has 0 saturated carbocycles. The Bertz CT molecular complexity index is 754. The van der Waals surface area contributed by atoms with Crippen molar-refractivity contribution in [3.05, 3.63) is 53.6 Å². The second-order valence-electron chi connectivity index (χ2n) is 6.29. The molecule has 0 aromatic heterocycles. The van der Waals surface area contributed by atoms with Crippen LogP contribution in [0, 0.1) is 0 Å². The molecular weight excluding hydrogens is 334 g/mol. The van der Waals surface area contributed by atoms with Crippen LogP contribution in [0.4, 0.5) is 0 Å². The van der Waals surface area contributed by atoms with Crippen LogP contribution in [0.2, 0.25) is 0 Å². The molecule has 138 valence electrons. The van der Waals surface area contributed by atoms with Crippen molar-refractivity contribution >= 4 is 5.97 Å². The summed E-state index contributed by atoms with van der Waals surface area (Å²) in [6.45, 7) is 2.39. The molecule has 2 aromatic carbocycles. The highest BCUT2D eigenvalue weighted by Crippen LogP contribution is 2.26. The lowest BCUT2D eigenvalue weighted by Gasteiger charge is -2.18. The smallest absolute Gasteiger partial charge is 0.339 e. The molecule has 1 heterocycles. The third-order valence-electron chi connectivity index (χ3n) is 4.46. The molecule has 1 N–H and O–H groups in total. The summed E-state index contributed by atoms with van der Waals surface area (Å²) in [5.74, 6) is 0.984. The van der Waals surface area contributed by atoms with E-state index in [1.807, 2.05) is 18.2 Å². The molecule has 26 heavy (non-hydrogen) atoms. The van der Waals surface area contributed by atoms with Gasteiger partial charge in [-0.25, -0.2) is 4.79 Å². The van der Waals surface area contributed by atoms with Crippen LogP contribution < -0.4 is 14.2 Å². The van der Waals surface area contributed by atoms with E-state index in [1.165, 1.54) is 0 Å². The third kappa shape index (κ3) is 4.26. The van der Waals surface area contributed by atoms with Gasteiger partial charge in [-0.05, 0) is 36.2 Å². The maximum Gasteiger partial charge on any atom is 0.339 e. The van der Waals surface area contributed by atoms with Crippen LogP contribution in [-0.2, 0) is 6.54 Å². The van der Waals surface area contributed by atoms with Crippen LogP contribution in [0.25, 0.3) is 0 Å². The molecule has 1 saturated heterocycles. The Morgan fingerprint density at radius 2 is 1.85 bits per heavy atom. The summed E-state index contributed by atoms with van der Waals surface area (Å²) in [4.78, 5) is 13.6. The van der Waals surface area contributed by atoms with Gasteiger partial charge in [0.2, 0.25) is 0 Å². The van der Waals surface area contributed by atoms with E-state index in [9.17, 15) is 9.90 Å². The Balaban J connectivity index is 1.64. The van der Waals surface area contributed by atoms with Gasteiger partial charge in [-0.1, -0.05) is 12.1 Å². The van der Waals surface area contributed by atoms with Gasteiger partial charge >= 0.3 is 5.97 Å². The molecule has 0 amide bonds. The van der Waals surface area contributed by atoms with Crippen molar-refractivity contribution < 1.29 is 24.1 Å². The molecule has 6 nitrogen and oxygen atoms in total. The van der Waals surface area contributed by atoms with Crippen molar-refractivity contribution in [2.45, 2.75) is 19.1 Å². The molecule has 1 atom stereocenters. The lowest BCUT2D eigenvalue weighted by atomic mass is 10.2. The number of carbonyl (C=O) groups is 1. The zero-order valence-corrected chi connectivity index (χ0v) is 15.0. The summed E-state index contributed by atoms with van der Waals surface area (Å²) in [6.07, 6.45) is 0.831. The number of methoxy groups -OCH3 is 2. The van der Waals surface area contributed by atoms with Crippen LogP contribution in [-0.4, -0.2) is 49.4 Å². The molecular formula is C20H23NO5. The molecule has 1 fully saturated rings. The van der Waals surface area contributed by atoms with Crippen molar-refractivity contribution in [2.75, 3.05) is 27.3 Å². The Kier molecular flexibility index (Phi) is 5.63. The summed E-state index contributed by atoms with van der Waals surface area (Å²) in [6, 6.07) is 12.6. The van der Waals surface area contributed by atoms with Gasteiger partial charge in [-0.2, -0.15) is 0 Å². The van der Waals surface area contributed by atoms with Crippen molar-refractivity contribution in [2.24, 2.45) is 0 Å². The molecule has 3 rings (SSSR count). The van der Waals surface area contributed by atoms with Gasteiger partial charge in [0, 0.05) is 25.7 Å². The van der Waals surface area contributed by atoms with Gasteiger partial charge in [0.25, 0.3) is 0 Å². The molecule has 6 heteroatoms. The van der Waals surface area contributed by atoms with Crippen molar-refractivity contribution in [1.82, 2.24) is 4.90 Å². The van der Waals surface area contributed by atoms with Gasteiger partial charge in [-0.3, -0.25) is 4.90 Å². The molecule has 1 aliphatic heterocycles. The maximum absolute atomic E-state index is 11.3. The normalized spacial score (nSPS) is 17.1. The minimum atomic E-state index is -0.973. The number of para-hydroxylation sites is 1. The first-order valence-corrected chi connectivity index (χ1v) is 8.52. The van der Waals surface area contributed by atoms with Crippen LogP contribution in [0.3, 0.4) is 0 Å². The molecule has 0 aliphatic carbocycles. The highest BCUT2D eigenvalue weighted by Gasteiger charge is 2.25. The summed E-state index contributed by atoms with van der Waals surface area (Å²) < 4.78 is 16.6. The minimum absolute atomic E-state index is 0.0250. The number of aromatic carboxylic acids is 1. The molecule has 1 aliphatic rings. The van der Waals surface area contributed by atoms with Gasteiger partial charge in [0.1, 0.15) is 28.9 Å². The predicted octanol–water partition coefficient (Wildman–Crippen LogP) is 3.06. The number of likely N-dealkylation sites (tertiary alicyclic amines) is 1. The van der Waals surface area contributed by atoms with E-state index in [1.54, 1.807) is 38.5 Å². The van der Waals surface area contributed by atoms with Crippen molar-refractivity contribution in [3.8, 4) is 17.2 Å². The van der Waals surface area contributed by atoms with Crippen LogP contribution in [0.15, 0.2) is 42.5 Å². The van der Waals surface area contributed by atoms with Gasteiger partial charge in [0.05, 0.1) is 14.2 Å². The largest absolute Gasteiger partial charge is 0.497 e. The van der Waals surface area contributed by atoms with Crippen LogP contribution in [0.1, 0.15) is 22.3 Å². The highest BCUT2D eigenvalue weighted by molar-refractivity contribution is 5.90. The number of ether oxygens (including phenoxy) is 3. The molecule has 0 radical (unpaired) electrons. The van der Waals surface area contributed by atoms with E-state index in [0.717, 1.165) is 43.1 Å². The fourth-order valence-corrected chi connectivity index (χ4v) is 3.18. The SMILES string of the molecule is COc1cc(CN2CCC(Oc3ccccc3C(=O)O)C2)cc(OC)c1. The topological polar surface area (TPSA) is 68.2 Å². The number of hydrogen-bond donors (Lipinski definition) is 1. The first kappa shape index (κ1) is 18.1. The molecule has 0 bridgehead atoms. The van der Waals surface area contributed by atoms with E-state index in [-0.39, 0.29) is 11.7 Å². The first-order valence-electron chi connectivity index (χ1n) is 8.52. The Labute approximate surface area is 152 Å². The fraction of sp³-hybridized carbons (Fsp3) is 0.350. The molecule has 0 spiro atoms. The number of hydrogen-bond acceptors (Lipinski definition) is 5. The third-order valence-corrected chi connectivity index (χ3v) is 4.46. The second kappa shape index (κ2) is 8.10. The van der Waals surface area contributed by atoms with Gasteiger partial charge < -0.3 is 19.3 Å². The number of nitrogens with zero attached hydrogens (tertiary/aromatic N) is 1. The fourth-order valence-electron chi connectivity index (χ4n) is 3.18. The summed E-state index contributed by atoms with van der Waals surface area (Å²) in [7, 11) is 3.27. The van der Waals surface area contributed by atoms with E-state index in [0.29, 0.717) is 5.75 Å². The second-order valence-corrected chi connectivity index (χ2v) is 6.29.